The molecule has 1 amide bonds. The minimum Gasteiger partial charge on any atom is -0.497 e. The molecule has 146 valence electrons. The fourth-order valence-electron chi connectivity index (χ4n) is 3.56. The molecular weight excluding hydrogens is 352 g/mol. The van der Waals surface area contributed by atoms with Crippen LogP contribution < -0.4 is 9.47 Å². The van der Waals surface area contributed by atoms with Crippen LogP contribution in [0.15, 0.2) is 48.5 Å². The van der Waals surface area contributed by atoms with Gasteiger partial charge in [-0.2, -0.15) is 5.26 Å². The molecule has 2 aromatic carbocycles. The third-order valence-electron chi connectivity index (χ3n) is 5.20. The zero-order valence-electron chi connectivity index (χ0n) is 16.6. The number of amides is 1. The van der Waals surface area contributed by atoms with E-state index in [1.54, 1.807) is 25.3 Å². The largest absolute Gasteiger partial charge is 0.497 e. The maximum Gasteiger partial charge on any atom is 0.263 e. The number of likely N-dealkylation sites (tertiary alicyclic amines) is 1. The number of ether oxygens (including phenoxy) is 2. The molecule has 0 aromatic heterocycles. The maximum atomic E-state index is 13.2. The highest BCUT2D eigenvalue weighted by Crippen LogP contribution is 2.30. The van der Waals surface area contributed by atoms with E-state index in [-0.39, 0.29) is 11.8 Å². The van der Waals surface area contributed by atoms with Crippen LogP contribution in [0.3, 0.4) is 0 Å². The molecule has 3 rings (SSSR count). The molecular formula is C23H26N2O3. The Balaban J connectivity index is 1.71. The molecule has 5 heteroatoms. The minimum absolute atomic E-state index is 0.000662. The number of benzene rings is 2. The van der Waals surface area contributed by atoms with Gasteiger partial charge in [0.1, 0.15) is 17.6 Å². The average molecular weight is 378 g/mol. The highest BCUT2D eigenvalue weighted by molar-refractivity contribution is 5.82. The van der Waals surface area contributed by atoms with E-state index in [1.165, 1.54) is 5.56 Å². The monoisotopic (exact) mass is 378 g/mol. The SMILES string of the molecule is COc1ccc(C2CCN(C(=O)C(Oc3ccccc3C#N)C(C)C)C2)cc1. The lowest BCUT2D eigenvalue weighted by Crippen LogP contribution is -2.43. The van der Waals surface area contributed by atoms with Crippen molar-refractivity contribution in [2.75, 3.05) is 20.2 Å². The van der Waals surface area contributed by atoms with Crippen LogP contribution >= 0.6 is 0 Å². The Morgan fingerprint density at radius 3 is 2.54 bits per heavy atom. The lowest BCUT2D eigenvalue weighted by Gasteiger charge is -2.27. The maximum absolute atomic E-state index is 13.2. The van der Waals surface area contributed by atoms with Gasteiger partial charge in [0.25, 0.3) is 5.91 Å². The smallest absolute Gasteiger partial charge is 0.263 e. The van der Waals surface area contributed by atoms with Crippen LogP contribution in [0, 0.1) is 17.2 Å². The van der Waals surface area contributed by atoms with Crippen LogP contribution in [0.1, 0.15) is 37.3 Å². The van der Waals surface area contributed by atoms with E-state index in [4.69, 9.17) is 9.47 Å². The van der Waals surface area contributed by atoms with Gasteiger partial charge in [-0.3, -0.25) is 4.79 Å². The van der Waals surface area contributed by atoms with Gasteiger partial charge < -0.3 is 14.4 Å². The van der Waals surface area contributed by atoms with Crippen molar-refractivity contribution in [2.45, 2.75) is 32.3 Å². The normalized spacial score (nSPS) is 17.2. The number of hydrogen-bond donors (Lipinski definition) is 0. The number of para-hydroxylation sites is 1. The summed E-state index contributed by atoms with van der Waals surface area (Å²) in [5, 5.41) is 9.28. The Kier molecular flexibility index (Phi) is 6.20. The van der Waals surface area contributed by atoms with Gasteiger partial charge in [-0.1, -0.05) is 38.1 Å². The van der Waals surface area contributed by atoms with Gasteiger partial charge in [-0.05, 0) is 42.2 Å². The van der Waals surface area contributed by atoms with Gasteiger partial charge in [0.05, 0.1) is 12.7 Å². The summed E-state index contributed by atoms with van der Waals surface area (Å²) in [6.45, 7) is 5.32. The second kappa shape index (κ2) is 8.79. The molecule has 2 aromatic rings. The highest BCUT2D eigenvalue weighted by atomic mass is 16.5. The van der Waals surface area contributed by atoms with Gasteiger partial charge in [0.15, 0.2) is 6.10 Å². The molecule has 1 fully saturated rings. The molecule has 1 aliphatic rings. The second-order valence-corrected chi connectivity index (χ2v) is 7.43. The summed E-state index contributed by atoms with van der Waals surface area (Å²) in [6.07, 6.45) is 0.321. The predicted molar refractivity (Wildman–Crippen MR) is 107 cm³/mol. The molecule has 1 saturated heterocycles. The first kappa shape index (κ1) is 19.8. The Morgan fingerprint density at radius 1 is 1.18 bits per heavy atom. The fraction of sp³-hybridized carbons (Fsp3) is 0.391. The average Bonchev–Trinajstić information content (AvgIpc) is 3.22. The summed E-state index contributed by atoms with van der Waals surface area (Å²) in [5.74, 6) is 1.59. The molecule has 0 N–H and O–H groups in total. The van der Waals surface area contributed by atoms with Crippen LogP contribution in [0.2, 0.25) is 0 Å². The third kappa shape index (κ3) is 4.28. The summed E-state index contributed by atoms with van der Waals surface area (Å²) in [5.41, 5.74) is 1.66. The Labute approximate surface area is 166 Å². The van der Waals surface area contributed by atoms with Crippen LogP contribution in [0.25, 0.3) is 0 Å². The Bertz CT molecular complexity index is 855. The standard InChI is InChI=1S/C23H26N2O3/c1-16(2)22(28-21-7-5-4-6-18(21)14-24)23(26)25-13-12-19(15-25)17-8-10-20(27-3)11-9-17/h4-11,16,19,22H,12-13,15H2,1-3H3. The molecule has 2 unspecified atom stereocenters. The predicted octanol–water partition coefficient (Wildman–Crippen LogP) is 3.99. The minimum atomic E-state index is -0.607. The molecule has 2 atom stereocenters. The van der Waals surface area contributed by atoms with Crippen LogP contribution in [-0.2, 0) is 4.79 Å². The molecule has 0 radical (unpaired) electrons. The molecule has 0 spiro atoms. The number of methoxy groups -OCH3 is 1. The van der Waals surface area contributed by atoms with Crippen molar-refractivity contribution in [2.24, 2.45) is 5.92 Å². The van der Waals surface area contributed by atoms with Gasteiger partial charge in [0.2, 0.25) is 0 Å². The van der Waals surface area contributed by atoms with Gasteiger partial charge in [0, 0.05) is 19.0 Å². The van der Waals surface area contributed by atoms with Crippen molar-refractivity contribution in [1.29, 1.82) is 5.26 Å². The van der Waals surface area contributed by atoms with E-state index < -0.39 is 6.10 Å². The van der Waals surface area contributed by atoms with Crippen LogP contribution in [0.5, 0.6) is 11.5 Å². The first-order valence-corrected chi connectivity index (χ1v) is 9.62. The van der Waals surface area contributed by atoms with Crippen molar-refractivity contribution in [3.63, 3.8) is 0 Å². The van der Waals surface area contributed by atoms with Crippen molar-refractivity contribution < 1.29 is 14.3 Å². The molecule has 0 aliphatic carbocycles. The van der Waals surface area contributed by atoms with Crippen molar-refractivity contribution in [1.82, 2.24) is 4.90 Å². The molecule has 1 heterocycles. The molecule has 28 heavy (non-hydrogen) atoms. The van der Waals surface area contributed by atoms with E-state index >= 15 is 0 Å². The summed E-state index contributed by atoms with van der Waals surface area (Å²) >= 11 is 0. The Hall–Kier alpha value is -3.00. The summed E-state index contributed by atoms with van der Waals surface area (Å²) in [7, 11) is 1.65. The number of rotatable bonds is 6. The van der Waals surface area contributed by atoms with E-state index in [0.717, 1.165) is 12.2 Å². The van der Waals surface area contributed by atoms with Gasteiger partial charge in [-0.25, -0.2) is 0 Å². The number of nitrogens with zero attached hydrogens (tertiary/aromatic N) is 2. The number of carbonyl (C=O) groups excluding carboxylic acids is 1. The van der Waals surface area contributed by atoms with Gasteiger partial charge in [-0.15, -0.1) is 0 Å². The zero-order chi connectivity index (χ0) is 20.1. The topological polar surface area (TPSA) is 62.6 Å². The summed E-state index contributed by atoms with van der Waals surface area (Å²) in [6, 6.07) is 17.2. The van der Waals surface area contributed by atoms with Crippen molar-refractivity contribution >= 4 is 5.91 Å². The van der Waals surface area contributed by atoms with E-state index in [2.05, 4.69) is 18.2 Å². The van der Waals surface area contributed by atoms with E-state index in [0.29, 0.717) is 30.3 Å². The van der Waals surface area contributed by atoms with Gasteiger partial charge >= 0.3 is 0 Å². The first-order valence-electron chi connectivity index (χ1n) is 9.62. The summed E-state index contributed by atoms with van der Waals surface area (Å²) < 4.78 is 11.2. The molecule has 0 bridgehead atoms. The first-order chi connectivity index (χ1) is 13.5. The molecule has 5 nitrogen and oxygen atoms in total. The number of nitriles is 1. The number of carbonyl (C=O) groups is 1. The lowest BCUT2D eigenvalue weighted by molar-refractivity contribution is -0.139. The van der Waals surface area contributed by atoms with Crippen molar-refractivity contribution in [3.8, 4) is 17.6 Å². The van der Waals surface area contributed by atoms with Crippen molar-refractivity contribution in [3.05, 3.63) is 59.7 Å². The van der Waals surface area contributed by atoms with Crippen LogP contribution in [0.4, 0.5) is 0 Å². The molecule has 1 aliphatic heterocycles. The summed E-state index contributed by atoms with van der Waals surface area (Å²) in [4.78, 5) is 15.0. The van der Waals surface area contributed by atoms with Crippen LogP contribution in [-0.4, -0.2) is 37.1 Å². The molecule has 0 saturated carbocycles. The third-order valence-corrected chi connectivity index (χ3v) is 5.20. The second-order valence-electron chi connectivity index (χ2n) is 7.43. The number of hydrogen-bond acceptors (Lipinski definition) is 4. The van der Waals surface area contributed by atoms with E-state index in [9.17, 15) is 10.1 Å². The lowest BCUT2D eigenvalue weighted by atomic mass is 9.98. The quantitative estimate of drug-likeness (QED) is 0.763. The fourth-order valence-corrected chi connectivity index (χ4v) is 3.56. The zero-order valence-corrected chi connectivity index (χ0v) is 16.6. The van der Waals surface area contributed by atoms with E-state index in [1.807, 2.05) is 36.9 Å². The Morgan fingerprint density at radius 2 is 1.89 bits per heavy atom. The highest BCUT2D eigenvalue weighted by Gasteiger charge is 2.34.